The Bertz CT molecular complexity index is 957. The molecule has 0 aliphatic rings. The summed E-state index contributed by atoms with van der Waals surface area (Å²) in [6.07, 6.45) is 3.03. The summed E-state index contributed by atoms with van der Waals surface area (Å²) in [5, 5.41) is 13.7. The van der Waals surface area contributed by atoms with E-state index in [2.05, 4.69) is 41.5 Å². The molecular weight excluding hydrogens is 362 g/mol. The summed E-state index contributed by atoms with van der Waals surface area (Å²) in [6.45, 7) is 5.66. The molecular formula is C20H23N3O3S. The minimum absolute atomic E-state index is 0.112. The smallest absolute Gasteiger partial charge is 0.326 e. The van der Waals surface area contributed by atoms with Gasteiger partial charge >= 0.3 is 5.97 Å². The van der Waals surface area contributed by atoms with Gasteiger partial charge in [0.05, 0.1) is 12.1 Å². The van der Waals surface area contributed by atoms with Gasteiger partial charge < -0.3 is 10.4 Å². The lowest BCUT2D eigenvalue weighted by Crippen LogP contribution is -2.45. The molecule has 0 aliphatic carbocycles. The Hall–Kier alpha value is -2.67. The van der Waals surface area contributed by atoms with Gasteiger partial charge in [0.15, 0.2) is 4.96 Å². The van der Waals surface area contributed by atoms with E-state index in [4.69, 9.17) is 0 Å². The van der Waals surface area contributed by atoms with Crippen LogP contribution < -0.4 is 5.32 Å². The molecule has 0 saturated carbocycles. The van der Waals surface area contributed by atoms with Crippen molar-refractivity contribution in [2.75, 3.05) is 0 Å². The van der Waals surface area contributed by atoms with Gasteiger partial charge in [0.25, 0.3) is 0 Å². The third kappa shape index (κ3) is 4.19. The normalized spacial score (nSPS) is 12.4. The highest BCUT2D eigenvalue weighted by Crippen LogP contribution is 2.24. The van der Waals surface area contributed by atoms with Gasteiger partial charge in [0.1, 0.15) is 6.04 Å². The van der Waals surface area contributed by atoms with E-state index in [1.54, 1.807) is 13.8 Å². The Balaban J connectivity index is 1.78. The lowest BCUT2D eigenvalue weighted by Gasteiger charge is -2.17. The summed E-state index contributed by atoms with van der Waals surface area (Å²) in [4.78, 5) is 29.0. The average molecular weight is 385 g/mol. The number of rotatable bonds is 7. The number of aliphatic carboxylic acids is 1. The van der Waals surface area contributed by atoms with E-state index in [0.29, 0.717) is 0 Å². The number of carboxylic acid groups (broad SMARTS) is 1. The van der Waals surface area contributed by atoms with Crippen molar-refractivity contribution < 1.29 is 14.7 Å². The third-order valence-corrected chi connectivity index (χ3v) is 5.42. The number of hydrogen-bond donors (Lipinski definition) is 2. The number of carbonyl (C=O) groups excluding carboxylic acids is 1. The maximum Gasteiger partial charge on any atom is 0.326 e. The fraction of sp³-hybridized carbons (Fsp3) is 0.350. The SMILES string of the molecule is CCc1ccc(-c2cn3c(CC(=O)NC(C(=O)O)C(C)C)csc3n2)cc1. The molecule has 1 aromatic carbocycles. The topological polar surface area (TPSA) is 83.7 Å². The van der Waals surface area contributed by atoms with E-state index in [9.17, 15) is 14.7 Å². The average Bonchev–Trinajstić information content (AvgIpc) is 3.21. The maximum atomic E-state index is 12.3. The number of imidazole rings is 1. The molecule has 1 amide bonds. The van der Waals surface area contributed by atoms with Gasteiger partial charge in [-0.3, -0.25) is 9.20 Å². The summed E-state index contributed by atoms with van der Waals surface area (Å²) >= 11 is 1.47. The largest absolute Gasteiger partial charge is 0.480 e. The Morgan fingerprint density at radius 3 is 2.56 bits per heavy atom. The first kappa shape index (κ1) is 19.1. The fourth-order valence-corrected chi connectivity index (χ4v) is 3.78. The zero-order valence-corrected chi connectivity index (χ0v) is 16.4. The van der Waals surface area contributed by atoms with Crippen molar-refractivity contribution >= 4 is 28.2 Å². The number of carboxylic acids is 1. The molecule has 6 nitrogen and oxygen atoms in total. The lowest BCUT2D eigenvalue weighted by molar-refractivity contribution is -0.143. The molecule has 0 bridgehead atoms. The van der Waals surface area contributed by atoms with Gasteiger partial charge in [-0.1, -0.05) is 45.0 Å². The van der Waals surface area contributed by atoms with E-state index in [1.807, 2.05) is 16.0 Å². The van der Waals surface area contributed by atoms with Crippen LogP contribution in [0.2, 0.25) is 0 Å². The standard InChI is InChI=1S/C20H23N3O3S/c1-4-13-5-7-14(8-6-13)16-10-23-15(11-27-20(23)21-16)9-17(24)22-18(12(2)3)19(25)26/h5-8,10-12,18H,4,9H2,1-3H3,(H,22,24)(H,25,26). The van der Waals surface area contributed by atoms with Gasteiger partial charge in [-0.15, -0.1) is 11.3 Å². The van der Waals surface area contributed by atoms with Crippen molar-refractivity contribution in [2.24, 2.45) is 5.92 Å². The van der Waals surface area contributed by atoms with Gasteiger partial charge in [-0.25, -0.2) is 9.78 Å². The van der Waals surface area contributed by atoms with Crippen molar-refractivity contribution in [3.63, 3.8) is 0 Å². The van der Waals surface area contributed by atoms with Crippen LogP contribution in [-0.2, 0) is 22.4 Å². The molecule has 0 saturated heterocycles. The number of nitrogens with one attached hydrogen (secondary N) is 1. The molecule has 27 heavy (non-hydrogen) atoms. The number of carbonyl (C=O) groups is 2. The number of benzene rings is 1. The highest BCUT2D eigenvalue weighted by molar-refractivity contribution is 7.15. The molecule has 0 spiro atoms. The molecule has 2 N–H and O–H groups in total. The van der Waals surface area contributed by atoms with Crippen LogP contribution in [0, 0.1) is 5.92 Å². The second-order valence-electron chi connectivity index (χ2n) is 6.86. The molecule has 1 atom stereocenters. The van der Waals surface area contributed by atoms with Crippen LogP contribution in [0.15, 0.2) is 35.8 Å². The minimum atomic E-state index is -1.02. The van der Waals surface area contributed by atoms with Crippen molar-refractivity contribution in [1.29, 1.82) is 0 Å². The molecule has 3 aromatic rings. The first-order valence-electron chi connectivity index (χ1n) is 8.96. The number of fused-ring (bicyclic) bond motifs is 1. The van der Waals surface area contributed by atoms with Gasteiger partial charge in [-0.05, 0) is 17.9 Å². The van der Waals surface area contributed by atoms with Crippen LogP contribution >= 0.6 is 11.3 Å². The molecule has 3 rings (SSSR count). The molecule has 142 valence electrons. The van der Waals surface area contributed by atoms with Gasteiger partial charge in [-0.2, -0.15) is 0 Å². The summed E-state index contributed by atoms with van der Waals surface area (Å²) in [5.74, 6) is -1.51. The number of thiazole rings is 1. The predicted octanol–water partition coefficient (Wildman–Crippen LogP) is 3.39. The van der Waals surface area contributed by atoms with Crippen LogP contribution in [0.3, 0.4) is 0 Å². The van der Waals surface area contributed by atoms with Crippen molar-refractivity contribution in [2.45, 2.75) is 39.7 Å². The second kappa shape index (κ2) is 7.92. The first-order chi connectivity index (χ1) is 12.9. The predicted molar refractivity (Wildman–Crippen MR) is 106 cm³/mol. The Morgan fingerprint density at radius 1 is 1.26 bits per heavy atom. The molecule has 0 aliphatic heterocycles. The monoisotopic (exact) mass is 385 g/mol. The van der Waals surface area contributed by atoms with E-state index in [1.165, 1.54) is 16.9 Å². The van der Waals surface area contributed by atoms with Crippen LogP contribution in [0.4, 0.5) is 0 Å². The van der Waals surface area contributed by atoms with Gasteiger partial charge in [0, 0.05) is 22.8 Å². The van der Waals surface area contributed by atoms with Crippen LogP contribution in [-0.4, -0.2) is 32.4 Å². The van der Waals surface area contributed by atoms with Crippen LogP contribution in [0.5, 0.6) is 0 Å². The highest BCUT2D eigenvalue weighted by atomic mass is 32.1. The van der Waals surface area contributed by atoms with Crippen LogP contribution in [0.1, 0.15) is 32.0 Å². The quantitative estimate of drug-likeness (QED) is 0.653. The molecule has 0 radical (unpaired) electrons. The van der Waals surface area contributed by atoms with E-state index in [-0.39, 0.29) is 18.2 Å². The van der Waals surface area contributed by atoms with Crippen molar-refractivity contribution in [1.82, 2.24) is 14.7 Å². The Morgan fingerprint density at radius 2 is 1.96 bits per heavy atom. The zero-order chi connectivity index (χ0) is 19.6. The molecule has 2 aromatic heterocycles. The molecule has 0 fully saturated rings. The first-order valence-corrected chi connectivity index (χ1v) is 9.84. The fourth-order valence-electron chi connectivity index (χ4n) is 2.91. The molecule has 2 heterocycles. The third-order valence-electron chi connectivity index (χ3n) is 4.53. The highest BCUT2D eigenvalue weighted by Gasteiger charge is 2.24. The number of amides is 1. The lowest BCUT2D eigenvalue weighted by atomic mass is 10.0. The molecule has 1 unspecified atom stereocenters. The molecule has 7 heteroatoms. The summed E-state index contributed by atoms with van der Waals surface area (Å²) in [6, 6.07) is 7.40. The summed E-state index contributed by atoms with van der Waals surface area (Å²) in [7, 11) is 0. The van der Waals surface area contributed by atoms with Gasteiger partial charge in [0.2, 0.25) is 5.91 Å². The van der Waals surface area contributed by atoms with E-state index in [0.717, 1.165) is 28.3 Å². The Labute approximate surface area is 161 Å². The number of aryl methyl sites for hydroxylation is 1. The zero-order valence-electron chi connectivity index (χ0n) is 15.6. The summed E-state index contributed by atoms with van der Waals surface area (Å²) in [5.41, 5.74) is 3.96. The van der Waals surface area contributed by atoms with Crippen molar-refractivity contribution in [3.05, 3.63) is 47.1 Å². The minimum Gasteiger partial charge on any atom is -0.480 e. The number of nitrogens with zero attached hydrogens (tertiary/aromatic N) is 2. The summed E-state index contributed by atoms with van der Waals surface area (Å²) < 4.78 is 1.90. The van der Waals surface area contributed by atoms with E-state index < -0.39 is 12.0 Å². The van der Waals surface area contributed by atoms with Crippen molar-refractivity contribution in [3.8, 4) is 11.3 Å². The van der Waals surface area contributed by atoms with E-state index >= 15 is 0 Å². The Kier molecular flexibility index (Phi) is 5.60. The maximum absolute atomic E-state index is 12.3. The number of aromatic nitrogens is 2. The van der Waals surface area contributed by atoms with Crippen LogP contribution in [0.25, 0.3) is 16.2 Å². The number of hydrogen-bond acceptors (Lipinski definition) is 4. The second-order valence-corrected chi connectivity index (χ2v) is 7.70.